The molecule has 2 aromatic rings. The molecule has 160 valence electrons. The number of piperidine rings is 1. The largest absolute Gasteiger partial charge is 0.380 e. The minimum absolute atomic E-state index is 0.0124. The molecule has 1 aromatic carbocycles. The lowest BCUT2D eigenvalue weighted by Gasteiger charge is -2.33. The Hall–Kier alpha value is -2.71. The topological polar surface area (TPSA) is 76.9 Å². The van der Waals surface area contributed by atoms with Crippen molar-refractivity contribution in [1.82, 2.24) is 14.7 Å². The van der Waals surface area contributed by atoms with Gasteiger partial charge in [-0.05, 0) is 30.5 Å². The third kappa shape index (κ3) is 4.55. The van der Waals surface area contributed by atoms with Gasteiger partial charge in [-0.1, -0.05) is 12.1 Å². The Labute approximate surface area is 176 Å². The Kier molecular flexibility index (Phi) is 6.44. The minimum Gasteiger partial charge on any atom is -0.380 e. The summed E-state index contributed by atoms with van der Waals surface area (Å²) in [7, 11) is 1.65. The molecule has 1 atom stereocenters. The van der Waals surface area contributed by atoms with Gasteiger partial charge < -0.3 is 19.3 Å². The quantitative estimate of drug-likeness (QED) is 0.744. The van der Waals surface area contributed by atoms with Gasteiger partial charge in [0.25, 0.3) is 11.5 Å². The first-order valence-corrected chi connectivity index (χ1v) is 10.4. The number of rotatable bonds is 5. The standard InChI is InChI=1S/C22H28N4O4/c1-29-16-17-4-6-18(7-5-17)22(28)25-8-2-3-19(15-25)26-21(27)13-20(14-23-26)24-9-11-30-12-10-24/h4-7,13-14,19H,2-3,8-12,15-16H2,1H3/t19-/m1/s1. The Morgan fingerprint density at radius 1 is 1.20 bits per heavy atom. The summed E-state index contributed by atoms with van der Waals surface area (Å²) < 4.78 is 12.0. The fraction of sp³-hybridized carbons (Fsp3) is 0.500. The first-order chi connectivity index (χ1) is 14.7. The lowest BCUT2D eigenvalue weighted by Crippen LogP contribution is -2.44. The molecule has 2 aliphatic rings. The molecular weight excluding hydrogens is 384 g/mol. The summed E-state index contributed by atoms with van der Waals surface area (Å²) in [5.41, 5.74) is 2.39. The van der Waals surface area contributed by atoms with Gasteiger partial charge in [0, 0.05) is 44.9 Å². The second-order valence-electron chi connectivity index (χ2n) is 7.77. The molecule has 2 aliphatic heterocycles. The van der Waals surface area contributed by atoms with E-state index in [2.05, 4.69) is 10.00 Å². The van der Waals surface area contributed by atoms with Crippen molar-refractivity contribution in [1.29, 1.82) is 0 Å². The zero-order chi connectivity index (χ0) is 20.9. The number of methoxy groups -OCH3 is 1. The molecule has 0 saturated carbocycles. The van der Waals surface area contributed by atoms with E-state index in [0.717, 1.165) is 37.2 Å². The lowest BCUT2D eigenvalue weighted by atomic mass is 10.0. The van der Waals surface area contributed by atoms with E-state index in [9.17, 15) is 9.59 Å². The van der Waals surface area contributed by atoms with E-state index < -0.39 is 0 Å². The number of hydrogen-bond acceptors (Lipinski definition) is 6. The molecule has 0 N–H and O–H groups in total. The molecule has 0 bridgehead atoms. The van der Waals surface area contributed by atoms with Gasteiger partial charge in [-0.2, -0.15) is 5.10 Å². The highest BCUT2D eigenvalue weighted by Crippen LogP contribution is 2.22. The first-order valence-electron chi connectivity index (χ1n) is 10.4. The first kappa shape index (κ1) is 20.6. The highest BCUT2D eigenvalue weighted by molar-refractivity contribution is 5.94. The number of benzene rings is 1. The Bertz CT molecular complexity index is 921. The van der Waals surface area contributed by atoms with Crippen LogP contribution in [0.2, 0.25) is 0 Å². The van der Waals surface area contributed by atoms with Gasteiger partial charge >= 0.3 is 0 Å². The summed E-state index contributed by atoms with van der Waals surface area (Å²) in [4.78, 5) is 29.7. The van der Waals surface area contributed by atoms with Crippen molar-refractivity contribution in [3.8, 4) is 0 Å². The summed E-state index contributed by atoms with van der Waals surface area (Å²) in [5, 5.41) is 4.45. The Balaban J connectivity index is 1.45. The average molecular weight is 412 g/mol. The van der Waals surface area contributed by atoms with Crippen LogP contribution in [0.3, 0.4) is 0 Å². The number of nitrogens with zero attached hydrogens (tertiary/aromatic N) is 4. The summed E-state index contributed by atoms with van der Waals surface area (Å²) in [6, 6.07) is 9.03. The van der Waals surface area contributed by atoms with Crippen LogP contribution in [0.5, 0.6) is 0 Å². The van der Waals surface area contributed by atoms with E-state index >= 15 is 0 Å². The molecule has 8 heteroatoms. The predicted octanol–water partition coefficient (Wildman–Crippen LogP) is 1.70. The second-order valence-corrected chi connectivity index (χ2v) is 7.77. The number of ether oxygens (including phenoxy) is 2. The van der Waals surface area contributed by atoms with Crippen molar-refractivity contribution >= 4 is 11.6 Å². The molecule has 2 saturated heterocycles. The van der Waals surface area contributed by atoms with Crippen molar-refractivity contribution < 1.29 is 14.3 Å². The van der Waals surface area contributed by atoms with Crippen molar-refractivity contribution in [3.63, 3.8) is 0 Å². The smallest absolute Gasteiger partial charge is 0.269 e. The van der Waals surface area contributed by atoms with Crippen LogP contribution in [-0.2, 0) is 16.1 Å². The van der Waals surface area contributed by atoms with E-state index in [1.807, 2.05) is 29.2 Å². The van der Waals surface area contributed by atoms with Gasteiger partial charge in [-0.3, -0.25) is 9.59 Å². The maximum atomic E-state index is 13.0. The van der Waals surface area contributed by atoms with Crippen LogP contribution in [0.1, 0.15) is 34.8 Å². The normalized spacial score (nSPS) is 19.7. The number of carbonyl (C=O) groups is 1. The van der Waals surface area contributed by atoms with Crippen LogP contribution >= 0.6 is 0 Å². The molecule has 3 heterocycles. The lowest BCUT2D eigenvalue weighted by molar-refractivity contribution is 0.0670. The number of hydrogen-bond donors (Lipinski definition) is 0. The third-order valence-electron chi connectivity index (χ3n) is 5.73. The van der Waals surface area contributed by atoms with Crippen LogP contribution in [-0.4, -0.2) is 67.1 Å². The van der Waals surface area contributed by atoms with Gasteiger partial charge in [0.15, 0.2) is 0 Å². The predicted molar refractivity (Wildman–Crippen MR) is 113 cm³/mol. The van der Waals surface area contributed by atoms with E-state index in [4.69, 9.17) is 9.47 Å². The summed E-state index contributed by atoms with van der Waals surface area (Å²) >= 11 is 0. The molecule has 0 spiro atoms. The van der Waals surface area contributed by atoms with E-state index in [1.165, 1.54) is 4.68 Å². The molecule has 4 rings (SSSR count). The van der Waals surface area contributed by atoms with Crippen LogP contribution < -0.4 is 10.5 Å². The molecule has 2 fully saturated rings. The van der Waals surface area contributed by atoms with Gasteiger partial charge in [0.1, 0.15) is 0 Å². The fourth-order valence-electron chi connectivity index (χ4n) is 4.11. The summed E-state index contributed by atoms with van der Waals surface area (Å²) in [5.74, 6) is -0.0124. The number of carbonyl (C=O) groups excluding carboxylic acids is 1. The van der Waals surface area contributed by atoms with E-state index in [-0.39, 0.29) is 17.5 Å². The van der Waals surface area contributed by atoms with Gasteiger partial charge in [0.05, 0.1) is 37.7 Å². The molecule has 1 amide bonds. The zero-order valence-corrected chi connectivity index (χ0v) is 17.3. The molecule has 0 unspecified atom stereocenters. The molecular formula is C22H28N4O4. The minimum atomic E-state index is -0.123. The Morgan fingerprint density at radius 3 is 2.67 bits per heavy atom. The highest BCUT2D eigenvalue weighted by Gasteiger charge is 2.27. The molecule has 8 nitrogen and oxygen atoms in total. The molecule has 30 heavy (non-hydrogen) atoms. The maximum Gasteiger partial charge on any atom is 0.269 e. The van der Waals surface area contributed by atoms with Crippen molar-refractivity contribution in [2.45, 2.75) is 25.5 Å². The second kappa shape index (κ2) is 9.40. The fourth-order valence-corrected chi connectivity index (χ4v) is 4.11. The number of aromatic nitrogens is 2. The van der Waals surface area contributed by atoms with Crippen LogP contribution in [0.15, 0.2) is 41.3 Å². The monoisotopic (exact) mass is 412 g/mol. The van der Waals surface area contributed by atoms with Gasteiger partial charge in [-0.15, -0.1) is 0 Å². The molecule has 0 radical (unpaired) electrons. The highest BCUT2D eigenvalue weighted by atomic mass is 16.5. The summed E-state index contributed by atoms with van der Waals surface area (Å²) in [6.45, 7) is 4.55. The average Bonchev–Trinajstić information content (AvgIpc) is 2.80. The van der Waals surface area contributed by atoms with Gasteiger partial charge in [-0.25, -0.2) is 4.68 Å². The summed E-state index contributed by atoms with van der Waals surface area (Å²) in [6.07, 6.45) is 3.43. The molecule has 1 aromatic heterocycles. The van der Waals surface area contributed by atoms with Crippen molar-refractivity contribution in [2.24, 2.45) is 0 Å². The maximum absolute atomic E-state index is 13.0. The van der Waals surface area contributed by atoms with Crippen LogP contribution in [0, 0.1) is 0 Å². The van der Waals surface area contributed by atoms with Crippen LogP contribution in [0.4, 0.5) is 5.69 Å². The van der Waals surface area contributed by atoms with Gasteiger partial charge in [0.2, 0.25) is 0 Å². The third-order valence-corrected chi connectivity index (χ3v) is 5.73. The number of likely N-dealkylation sites (tertiary alicyclic amines) is 1. The van der Waals surface area contributed by atoms with E-state index in [0.29, 0.717) is 38.5 Å². The Morgan fingerprint density at radius 2 is 1.97 bits per heavy atom. The number of amides is 1. The number of morpholine rings is 1. The zero-order valence-electron chi connectivity index (χ0n) is 17.3. The van der Waals surface area contributed by atoms with Crippen molar-refractivity contribution in [3.05, 3.63) is 58.0 Å². The SMILES string of the molecule is COCc1ccc(C(=O)N2CCC[C@@H](n3ncc(N4CCOCC4)cc3=O)C2)cc1. The van der Waals surface area contributed by atoms with E-state index in [1.54, 1.807) is 19.4 Å². The number of anilines is 1. The molecule has 0 aliphatic carbocycles. The van der Waals surface area contributed by atoms with Crippen molar-refractivity contribution in [2.75, 3.05) is 51.4 Å². The van der Waals surface area contributed by atoms with Crippen LogP contribution in [0.25, 0.3) is 0 Å².